The minimum absolute atomic E-state index is 0.00385. The molecule has 0 aliphatic carbocycles. The molecule has 2 N–H and O–H groups in total. The number of anilines is 1. The minimum atomic E-state index is -4.49. The summed E-state index contributed by atoms with van der Waals surface area (Å²) in [4.78, 5) is 50.6. The van der Waals surface area contributed by atoms with Gasteiger partial charge in [-0.05, 0) is 56.2 Å². The Balaban J connectivity index is 1.59. The molecule has 2 atom stereocenters. The Kier molecular flexibility index (Phi) is 8.69. The highest BCUT2D eigenvalue weighted by molar-refractivity contribution is 6.42. The second-order valence-corrected chi connectivity index (χ2v) is 11.5. The lowest BCUT2D eigenvalue weighted by Gasteiger charge is -2.35. The van der Waals surface area contributed by atoms with Crippen molar-refractivity contribution in [3.05, 3.63) is 103 Å². The average molecular weight is 662 g/mol. The van der Waals surface area contributed by atoms with E-state index in [-0.39, 0.29) is 47.5 Å². The van der Waals surface area contributed by atoms with Crippen LogP contribution in [0.4, 0.5) is 19.1 Å². The summed E-state index contributed by atoms with van der Waals surface area (Å²) >= 11 is 12.2. The Labute approximate surface area is 265 Å². The fraction of sp³-hybridized carbons (Fsp3) is 0.300. The van der Waals surface area contributed by atoms with E-state index in [1.165, 1.54) is 46.6 Å². The third-order valence-corrected chi connectivity index (χ3v) is 8.49. The van der Waals surface area contributed by atoms with Gasteiger partial charge in [-0.2, -0.15) is 13.2 Å². The van der Waals surface area contributed by atoms with E-state index in [1.807, 2.05) is 6.92 Å². The predicted molar refractivity (Wildman–Crippen MR) is 163 cm³/mol. The summed E-state index contributed by atoms with van der Waals surface area (Å²) in [5.74, 6) is -0.467. The Bertz CT molecular complexity index is 1860. The van der Waals surface area contributed by atoms with Crippen LogP contribution in [-0.4, -0.2) is 48.9 Å². The van der Waals surface area contributed by atoms with Crippen molar-refractivity contribution in [2.24, 2.45) is 7.05 Å². The van der Waals surface area contributed by atoms with Crippen molar-refractivity contribution in [2.75, 3.05) is 12.4 Å². The monoisotopic (exact) mass is 661 g/mol. The quantitative estimate of drug-likeness (QED) is 0.286. The van der Waals surface area contributed by atoms with E-state index < -0.39 is 29.2 Å². The fourth-order valence-corrected chi connectivity index (χ4v) is 5.50. The topological polar surface area (TPSA) is 114 Å². The van der Waals surface area contributed by atoms with Crippen molar-refractivity contribution >= 4 is 41.0 Å². The number of hydrogen-bond acceptors (Lipinski definition) is 6. The number of nitrogens with one attached hydrogen (secondary N) is 2. The molecule has 0 radical (unpaired) electrons. The van der Waals surface area contributed by atoms with Crippen LogP contribution < -0.4 is 16.2 Å². The number of aromatic nitrogens is 4. The van der Waals surface area contributed by atoms with E-state index >= 15 is 0 Å². The number of carbonyl (C=O) groups is 2. The highest BCUT2D eigenvalue weighted by Gasteiger charge is 2.33. The van der Waals surface area contributed by atoms with Crippen molar-refractivity contribution in [1.29, 1.82) is 0 Å². The molecular weight excluding hydrogens is 634 g/mol. The summed E-state index contributed by atoms with van der Waals surface area (Å²) in [7, 11) is 3.02. The molecule has 236 valence electrons. The Hall–Kier alpha value is -4.36. The maximum Gasteiger partial charge on any atom is 0.416 e. The number of fused-ring (bicyclic) bond motifs is 1. The Morgan fingerprint density at radius 2 is 1.78 bits per heavy atom. The summed E-state index contributed by atoms with van der Waals surface area (Å²) in [6.45, 7) is 3.53. The average Bonchev–Trinajstić information content (AvgIpc) is 3.38. The van der Waals surface area contributed by atoms with Gasteiger partial charge in [0.2, 0.25) is 5.95 Å². The second-order valence-electron chi connectivity index (χ2n) is 10.7. The van der Waals surface area contributed by atoms with Crippen LogP contribution in [0.5, 0.6) is 0 Å². The number of imidazole rings is 1. The van der Waals surface area contributed by atoms with Crippen LogP contribution in [0.2, 0.25) is 10.0 Å². The van der Waals surface area contributed by atoms with Gasteiger partial charge in [0.05, 0.1) is 40.1 Å². The normalized spacial score (nSPS) is 15.4. The number of benzene rings is 2. The third kappa shape index (κ3) is 6.14. The molecule has 1 aliphatic rings. The van der Waals surface area contributed by atoms with Gasteiger partial charge < -0.3 is 20.1 Å². The molecule has 2 aromatic heterocycles. The van der Waals surface area contributed by atoms with E-state index in [9.17, 15) is 27.6 Å². The van der Waals surface area contributed by atoms with Gasteiger partial charge in [0.25, 0.3) is 17.4 Å². The molecule has 1 aliphatic heterocycles. The molecule has 10 nitrogen and oxygen atoms in total. The second kappa shape index (κ2) is 12.2. The Morgan fingerprint density at radius 3 is 2.40 bits per heavy atom. The first-order valence-corrected chi connectivity index (χ1v) is 14.6. The minimum Gasteiger partial charge on any atom is -0.352 e. The molecule has 45 heavy (non-hydrogen) atoms. The van der Waals surface area contributed by atoms with Gasteiger partial charge in [0, 0.05) is 31.3 Å². The van der Waals surface area contributed by atoms with Crippen LogP contribution in [0.15, 0.2) is 53.5 Å². The van der Waals surface area contributed by atoms with Crippen LogP contribution in [-0.2, 0) is 26.2 Å². The Morgan fingerprint density at radius 1 is 1.09 bits per heavy atom. The zero-order valence-corrected chi connectivity index (χ0v) is 26.1. The molecule has 2 aromatic carbocycles. The van der Waals surface area contributed by atoms with E-state index in [4.69, 9.17) is 28.2 Å². The number of nitrogens with zero attached hydrogens (tertiary/aromatic N) is 5. The molecule has 0 unspecified atom stereocenters. The number of carbonyl (C=O) groups excluding carboxylic acids is 2. The number of amides is 2. The molecule has 0 saturated heterocycles. The van der Waals surface area contributed by atoms with Crippen molar-refractivity contribution in [2.45, 2.75) is 45.1 Å². The van der Waals surface area contributed by atoms with Crippen LogP contribution in [0.25, 0.3) is 5.82 Å². The molecule has 0 bridgehead atoms. The smallest absolute Gasteiger partial charge is 0.352 e. The highest BCUT2D eigenvalue weighted by atomic mass is 35.5. The lowest BCUT2D eigenvalue weighted by Crippen LogP contribution is -2.46. The molecule has 5 rings (SSSR count). The number of hydrogen-bond donors (Lipinski definition) is 2. The van der Waals surface area contributed by atoms with Crippen LogP contribution in [0, 0.1) is 0 Å². The van der Waals surface area contributed by atoms with Gasteiger partial charge in [0.1, 0.15) is 5.82 Å². The summed E-state index contributed by atoms with van der Waals surface area (Å²) in [5.41, 5.74) is 0.304. The first-order valence-electron chi connectivity index (χ1n) is 13.8. The highest BCUT2D eigenvalue weighted by Crippen LogP contribution is 2.31. The third-order valence-electron chi connectivity index (χ3n) is 7.75. The van der Waals surface area contributed by atoms with Crippen LogP contribution >= 0.6 is 23.2 Å². The van der Waals surface area contributed by atoms with E-state index in [0.717, 1.165) is 12.1 Å². The number of alkyl halides is 3. The van der Waals surface area contributed by atoms with Gasteiger partial charge in [-0.15, -0.1) is 0 Å². The SMILES string of the molecule is CNC(=O)c1ncc(-n2c(N[C@@H](C)c3ccc(C(F)(F)F)cc3)nc3c(c2=O)C[C@@H](C)N(C(=O)c2ccc(Cl)c(Cl)c2)C3)n1C. The lowest BCUT2D eigenvalue weighted by atomic mass is 9.98. The zero-order valence-electron chi connectivity index (χ0n) is 24.5. The first-order chi connectivity index (χ1) is 21.2. The molecular formula is C30H28Cl2F3N7O3. The van der Waals surface area contributed by atoms with Crippen molar-refractivity contribution in [1.82, 2.24) is 29.3 Å². The van der Waals surface area contributed by atoms with Gasteiger partial charge >= 0.3 is 6.18 Å². The lowest BCUT2D eigenvalue weighted by molar-refractivity contribution is -0.137. The largest absolute Gasteiger partial charge is 0.416 e. The maximum absolute atomic E-state index is 14.2. The molecule has 4 aromatic rings. The van der Waals surface area contributed by atoms with Crippen LogP contribution in [0.1, 0.15) is 63.3 Å². The fourth-order valence-electron chi connectivity index (χ4n) is 5.20. The standard InChI is InChI=1S/C30H28Cl2F3N7O3/c1-15-11-20-23(14-41(15)27(44)18-7-10-21(31)22(32)12-18)39-29(38-16(2)17-5-8-19(9-6-17)30(33,34)35)42(28(20)45)24-13-37-25(40(24)4)26(43)36-3/h5-10,12-13,15-16H,11,14H2,1-4H3,(H,36,43)(H,38,39)/t15-,16+/m1/s1. The summed E-state index contributed by atoms with van der Waals surface area (Å²) < 4.78 is 42.2. The predicted octanol–water partition coefficient (Wildman–Crippen LogP) is 5.41. The van der Waals surface area contributed by atoms with Crippen molar-refractivity contribution in [3.8, 4) is 5.82 Å². The zero-order chi connectivity index (χ0) is 32.8. The van der Waals surface area contributed by atoms with Gasteiger partial charge in [-0.1, -0.05) is 35.3 Å². The van der Waals surface area contributed by atoms with E-state index in [1.54, 1.807) is 24.9 Å². The maximum atomic E-state index is 14.2. The van der Waals surface area contributed by atoms with E-state index in [0.29, 0.717) is 27.4 Å². The summed E-state index contributed by atoms with van der Waals surface area (Å²) in [6.07, 6.45) is -2.95. The van der Waals surface area contributed by atoms with Crippen molar-refractivity contribution < 1.29 is 22.8 Å². The molecule has 15 heteroatoms. The first kappa shape index (κ1) is 32.0. The van der Waals surface area contributed by atoms with Crippen molar-refractivity contribution in [3.63, 3.8) is 0 Å². The molecule has 0 spiro atoms. The van der Waals surface area contributed by atoms with Gasteiger partial charge in [-0.3, -0.25) is 14.4 Å². The molecule has 2 amide bonds. The van der Waals surface area contributed by atoms with Crippen LogP contribution in [0.3, 0.4) is 0 Å². The van der Waals surface area contributed by atoms with E-state index in [2.05, 4.69) is 15.6 Å². The van der Waals surface area contributed by atoms with Gasteiger partial charge in [-0.25, -0.2) is 14.5 Å². The molecule has 0 saturated carbocycles. The number of rotatable bonds is 6. The van der Waals surface area contributed by atoms with Gasteiger partial charge in [0.15, 0.2) is 5.82 Å². The molecule has 0 fully saturated rings. The summed E-state index contributed by atoms with van der Waals surface area (Å²) in [5, 5.41) is 6.18. The summed E-state index contributed by atoms with van der Waals surface area (Å²) in [6, 6.07) is 8.22. The molecule has 3 heterocycles. The number of halogens is 5.